The number of nitrogens with zero attached hydrogens (tertiary/aromatic N) is 2. The Bertz CT molecular complexity index is 1900. The largest absolute Gasteiger partial charge is 0.493 e. The van der Waals surface area contributed by atoms with Crippen LogP contribution in [0, 0.1) is 0 Å². The molecule has 0 aliphatic carbocycles. The number of hydrogen-bond donors (Lipinski definition) is 0. The van der Waals surface area contributed by atoms with Crippen molar-refractivity contribution < 1.29 is 33.0 Å². The monoisotopic (exact) mass is 602 g/mol. The Morgan fingerprint density at radius 2 is 1.77 bits per heavy atom. The molecule has 0 N–H and O–H groups in total. The van der Waals surface area contributed by atoms with Crippen LogP contribution in [0.5, 0.6) is 11.5 Å². The van der Waals surface area contributed by atoms with Crippen molar-refractivity contribution in [1.82, 2.24) is 4.57 Å². The van der Waals surface area contributed by atoms with Crippen LogP contribution in [0.1, 0.15) is 48.5 Å². The standard InChI is InChI=1S/C32H30N2O8S/c1-6-40-25-16-21(12-14-24(25)38-4)28-27(31(37)41-7-2)18(3)33-32-34(28)29(35)26(43-32)17-22-13-15-23(42-22)19-8-10-20(11-9-19)30(36)39-5/h8-17,28H,6-7H2,1-5H3/b26-17-/t28-/m0/s1. The molecule has 0 fully saturated rings. The van der Waals surface area contributed by atoms with Crippen LogP contribution in [-0.2, 0) is 14.3 Å². The lowest BCUT2D eigenvalue weighted by molar-refractivity contribution is -0.139. The molecule has 222 valence electrons. The van der Waals surface area contributed by atoms with E-state index in [2.05, 4.69) is 4.99 Å². The van der Waals surface area contributed by atoms with E-state index in [1.165, 1.54) is 23.0 Å². The number of hydrogen-bond acceptors (Lipinski definition) is 10. The third kappa shape index (κ3) is 5.76. The molecule has 0 saturated heterocycles. The fourth-order valence-corrected chi connectivity index (χ4v) is 5.87. The van der Waals surface area contributed by atoms with Gasteiger partial charge in [0.05, 0.1) is 54.8 Å². The van der Waals surface area contributed by atoms with Gasteiger partial charge in [0.25, 0.3) is 5.56 Å². The van der Waals surface area contributed by atoms with Gasteiger partial charge in [0, 0.05) is 11.6 Å². The van der Waals surface area contributed by atoms with Crippen LogP contribution in [0.25, 0.3) is 17.4 Å². The molecule has 1 atom stereocenters. The number of aromatic nitrogens is 1. The summed E-state index contributed by atoms with van der Waals surface area (Å²) in [6.45, 7) is 5.90. The molecule has 0 bridgehead atoms. The molecule has 0 spiro atoms. The molecule has 3 heterocycles. The molecule has 43 heavy (non-hydrogen) atoms. The molecule has 0 radical (unpaired) electrons. The molecule has 1 aliphatic heterocycles. The predicted molar refractivity (Wildman–Crippen MR) is 160 cm³/mol. The summed E-state index contributed by atoms with van der Waals surface area (Å²) in [5, 5.41) is 0. The zero-order chi connectivity index (χ0) is 30.7. The summed E-state index contributed by atoms with van der Waals surface area (Å²) < 4.78 is 29.3. The Morgan fingerprint density at radius 3 is 2.44 bits per heavy atom. The second kappa shape index (κ2) is 12.5. The molecule has 5 rings (SSSR count). The fraction of sp³-hybridized carbons (Fsp3) is 0.250. The summed E-state index contributed by atoms with van der Waals surface area (Å²) in [4.78, 5) is 44.0. The minimum Gasteiger partial charge on any atom is -0.493 e. The number of methoxy groups -OCH3 is 2. The van der Waals surface area contributed by atoms with E-state index >= 15 is 0 Å². The van der Waals surface area contributed by atoms with Gasteiger partial charge in [0.1, 0.15) is 11.5 Å². The number of carbonyl (C=O) groups excluding carboxylic acids is 2. The van der Waals surface area contributed by atoms with E-state index in [-0.39, 0.29) is 17.7 Å². The number of rotatable bonds is 9. The number of allylic oxidation sites excluding steroid dienone is 1. The number of thiazole rings is 1. The van der Waals surface area contributed by atoms with Crippen molar-refractivity contribution in [2.75, 3.05) is 27.4 Å². The van der Waals surface area contributed by atoms with Gasteiger partial charge < -0.3 is 23.4 Å². The van der Waals surface area contributed by atoms with Gasteiger partial charge in [-0.15, -0.1) is 0 Å². The van der Waals surface area contributed by atoms with Crippen molar-refractivity contribution >= 4 is 29.4 Å². The number of carbonyl (C=O) groups is 2. The van der Waals surface area contributed by atoms with Gasteiger partial charge in [-0.25, -0.2) is 14.6 Å². The molecule has 2 aromatic carbocycles. The zero-order valence-corrected chi connectivity index (χ0v) is 25.2. The van der Waals surface area contributed by atoms with Crippen molar-refractivity contribution in [3.8, 4) is 22.8 Å². The maximum Gasteiger partial charge on any atom is 0.338 e. The van der Waals surface area contributed by atoms with E-state index in [0.717, 1.165) is 5.56 Å². The van der Waals surface area contributed by atoms with E-state index in [0.29, 0.717) is 55.8 Å². The van der Waals surface area contributed by atoms with Crippen LogP contribution in [0.15, 0.2) is 80.1 Å². The van der Waals surface area contributed by atoms with Gasteiger partial charge in [0.15, 0.2) is 16.3 Å². The average molecular weight is 603 g/mol. The number of fused-ring (bicyclic) bond motifs is 1. The van der Waals surface area contributed by atoms with E-state index in [9.17, 15) is 14.4 Å². The second-order valence-corrected chi connectivity index (χ2v) is 10.4. The highest BCUT2D eigenvalue weighted by Gasteiger charge is 2.34. The molecular formula is C32H30N2O8S. The Kier molecular flexibility index (Phi) is 8.63. The SMILES string of the molecule is CCOC(=O)C1=C(C)N=c2s/c(=C\c3ccc(-c4ccc(C(=O)OC)cc4)o3)c(=O)n2[C@H]1c1ccc(OC)c(OCC)c1. The van der Waals surface area contributed by atoms with Gasteiger partial charge in [-0.3, -0.25) is 9.36 Å². The molecule has 0 unspecified atom stereocenters. The molecule has 1 aliphatic rings. The highest BCUT2D eigenvalue weighted by molar-refractivity contribution is 7.07. The number of benzene rings is 2. The topological polar surface area (TPSA) is 119 Å². The Hall–Kier alpha value is -4.90. The quantitative estimate of drug-likeness (QED) is 0.261. The molecule has 4 aromatic rings. The van der Waals surface area contributed by atoms with Crippen LogP contribution in [0.2, 0.25) is 0 Å². The Morgan fingerprint density at radius 1 is 1.00 bits per heavy atom. The Balaban J connectivity index is 1.60. The summed E-state index contributed by atoms with van der Waals surface area (Å²) in [7, 11) is 2.88. The van der Waals surface area contributed by atoms with E-state index < -0.39 is 18.0 Å². The molecular weight excluding hydrogens is 572 g/mol. The number of ether oxygens (including phenoxy) is 4. The van der Waals surface area contributed by atoms with Gasteiger partial charge in [0.2, 0.25) is 0 Å². The highest BCUT2D eigenvalue weighted by atomic mass is 32.1. The summed E-state index contributed by atoms with van der Waals surface area (Å²) >= 11 is 1.20. The molecule has 0 saturated carbocycles. The maximum atomic E-state index is 13.9. The lowest BCUT2D eigenvalue weighted by Crippen LogP contribution is -2.39. The third-order valence-electron chi connectivity index (χ3n) is 6.81. The average Bonchev–Trinajstić information content (AvgIpc) is 3.60. The van der Waals surface area contributed by atoms with Crippen molar-refractivity contribution in [3.05, 3.63) is 102 Å². The lowest BCUT2D eigenvalue weighted by Gasteiger charge is -2.25. The summed E-state index contributed by atoms with van der Waals surface area (Å²) in [5.74, 6) is 1.07. The lowest BCUT2D eigenvalue weighted by atomic mass is 9.95. The van der Waals surface area contributed by atoms with E-state index in [1.54, 1.807) is 81.6 Å². The Labute approximate surface area is 251 Å². The summed E-state index contributed by atoms with van der Waals surface area (Å²) in [6, 6.07) is 14.9. The minimum atomic E-state index is -0.803. The van der Waals surface area contributed by atoms with E-state index in [1.807, 2.05) is 6.92 Å². The maximum absolute atomic E-state index is 13.9. The van der Waals surface area contributed by atoms with Crippen molar-refractivity contribution in [3.63, 3.8) is 0 Å². The van der Waals surface area contributed by atoms with Gasteiger partial charge in [-0.05, 0) is 62.7 Å². The van der Waals surface area contributed by atoms with Crippen LogP contribution >= 0.6 is 11.3 Å². The zero-order valence-electron chi connectivity index (χ0n) is 24.3. The fourth-order valence-electron chi connectivity index (χ4n) is 4.84. The third-order valence-corrected chi connectivity index (χ3v) is 7.79. The van der Waals surface area contributed by atoms with Crippen molar-refractivity contribution in [2.24, 2.45) is 4.99 Å². The first kappa shape index (κ1) is 29.6. The van der Waals surface area contributed by atoms with Crippen LogP contribution in [-0.4, -0.2) is 43.9 Å². The van der Waals surface area contributed by atoms with Crippen LogP contribution in [0.3, 0.4) is 0 Å². The predicted octanol–water partition coefficient (Wildman–Crippen LogP) is 4.25. The van der Waals surface area contributed by atoms with Crippen LogP contribution in [0.4, 0.5) is 0 Å². The second-order valence-electron chi connectivity index (χ2n) is 9.42. The summed E-state index contributed by atoms with van der Waals surface area (Å²) in [6.07, 6.45) is 1.65. The first-order chi connectivity index (χ1) is 20.8. The van der Waals surface area contributed by atoms with Crippen molar-refractivity contribution in [1.29, 1.82) is 0 Å². The molecule has 0 amide bonds. The highest BCUT2D eigenvalue weighted by Crippen LogP contribution is 2.36. The molecule has 2 aromatic heterocycles. The smallest absolute Gasteiger partial charge is 0.338 e. The van der Waals surface area contributed by atoms with Gasteiger partial charge >= 0.3 is 11.9 Å². The van der Waals surface area contributed by atoms with Crippen molar-refractivity contribution in [2.45, 2.75) is 26.8 Å². The first-order valence-electron chi connectivity index (χ1n) is 13.6. The van der Waals surface area contributed by atoms with Gasteiger partial charge in [-0.2, -0.15) is 0 Å². The number of furan rings is 1. The molecule has 11 heteroatoms. The first-order valence-corrected chi connectivity index (χ1v) is 14.4. The normalized spacial score (nSPS) is 14.6. The van der Waals surface area contributed by atoms with E-state index in [4.69, 9.17) is 23.4 Å². The minimum absolute atomic E-state index is 0.172. The van der Waals surface area contributed by atoms with Gasteiger partial charge in [-0.1, -0.05) is 29.5 Å². The summed E-state index contributed by atoms with van der Waals surface area (Å²) in [5.41, 5.74) is 2.22. The number of esters is 2. The molecule has 10 nitrogen and oxygen atoms in total. The van der Waals surface area contributed by atoms with Crippen LogP contribution < -0.4 is 24.4 Å².